The molecule has 0 saturated carbocycles. The molecule has 6 nitrogen and oxygen atoms in total. The highest BCUT2D eigenvalue weighted by atomic mass is 32.1. The van der Waals surface area contributed by atoms with Crippen LogP contribution in [0.2, 0.25) is 0 Å². The summed E-state index contributed by atoms with van der Waals surface area (Å²) in [7, 11) is 1.49. The molecule has 2 aromatic heterocycles. The van der Waals surface area contributed by atoms with E-state index in [9.17, 15) is 8.78 Å². The van der Waals surface area contributed by atoms with Crippen molar-refractivity contribution in [3.05, 3.63) is 30.2 Å². The monoisotopic (exact) mass is 365 g/mol. The zero-order chi connectivity index (χ0) is 17.6. The average molecular weight is 365 g/mol. The van der Waals surface area contributed by atoms with Crippen LogP contribution in [0.3, 0.4) is 0 Å². The van der Waals surface area contributed by atoms with Crippen LogP contribution in [0.25, 0.3) is 16.2 Å². The standard InChI is InChI=1S/C16H17F2N5OS/c1-24-14-6-9(17)2-3-10(14)13-7-20-15-23(13)21-16(25-15)22-5-4-12(19)11(18)8-22/h2-3,6-7,11-12H,4-5,8,19H2,1H3/t11-,12+/m1/s1. The zero-order valence-corrected chi connectivity index (χ0v) is 14.3. The zero-order valence-electron chi connectivity index (χ0n) is 13.5. The molecule has 132 valence electrons. The molecule has 0 unspecified atom stereocenters. The number of benzene rings is 1. The maximum absolute atomic E-state index is 13.9. The van der Waals surface area contributed by atoms with Crippen LogP contribution in [-0.2, 0) is 0 Å². The fourth-order valence-electron chi connectivity index (χ4n) is 2.97. The third-order valence-corrected chi connectivity index (χ3v) is 5.36. The molecular formula is C16H17F2N5OS. The molecule has 0 bridgehead atoms. The second-order valence-electron chi connectivity index (χ2n) is 5.98. The number of ether oxygens (including phenoxy) is 1. The molecule has 3 heterocycles. The van der Waals surface area contributed by atoms with Gasteiger partial charge in [-0.25, -0.2) is 18.3 Å². The Labute approximate surface area is 146 Å². The van der Waals surface area contributed by atoms with Gasteiger partial charge < -0.3 is 15.4 Å². The Kier molecular flexibility index (Phi) is 4.04. The van der Waals surface area contributed by atoms with Gasteiger partial charge in [0.05, 0.1) is 25.5 Å². The number of nitrogens with two attached hydrogens (primary N) is 1. The Morgan fingerprint density at radius 1 is 1.40 bits per heavy atom. The number of piperidine rings is 1. The first-order valence-electron chi connectivity index (χ1n) is 7.90. The maximum atomic E-state index is 13.9. The van der Waals surface area contributed by atoms with E-state index >= 15 is 0 Å². The minimum atomic E-state index is -1.07. The Bertz CT molecular complexity index is 911. The Balaban J connectivity index is 1.72. The number of hydrogen-bond acceptors (Lipinski definition) is 6. The van der Waals surface area contributed by atoms with E-state index in [-0.39, 0.29) is 12.4 Å². The van der Waals surface area contributed by atoms with Gasteiger partial charge in [-0.05, 0) is 18.6 Å². The van der Waals surface area contributed by atoms with Gasteiger partial charge >= 0.3 is 0 Å². The van der Waals surface area contributed by atoms with E-state index in [0.29, 0.717) is 40.1 Å². The van der Waals surface area contributed by atoms with Crippen LogP contribution in [-0.4, -0.2) is 47.0 Å². The van der Waals surface area contributed by atoms with Crippen LogP contribution in [0.4, 0.5) is 13.9 Å². The van der Waals surface area contributed by atoms with Gasteiger partial charge in [0.2, 0.25) is 10.1 Å². The first kappa shape index (κ1) is 16.2. The van der Waals surface area contributed by atoms with Crippen LogP contribution < -0.4 is 15.4 Å². The third-order valence-electron chi connectivity index (χ3n) is 4.38. The second kappa shape index (κ2) is 6.23. The molecule has 3 aromatic rings. The van der Waals surface area contributed by atoms with E-state index in [1.165, 1.54) is 30.6 Å². The van der Waals surface area contributed by atoms with E-state index in [2.05, 4.69) is 10.1 Å². The third kappa shape index (κ3) is 2.83. The van der Waals surface area contributed by atoms with Crippen molar-refractivity contribution in [2.24, 2.45) is 5.73 Å². The van der Waals surface area contributed by atoms with Crippen molar-refractivity contribution < 1.29 is 13.5 Å². The minimum absolute atomic E-state index is 0.229. The topological polar surface area (TPSA) is 68.7 Å². The first-order chi connectivity index (χ1) is 12.1. The largest absolute Gasteiger partial charge is 0.496 e. The normalized spacial score (nSPS) is 21.0. The molecule has 1 aliphatic heterocycles. The van der Waals surface area contributed by atoms with Crippen molar-refractivity contribution >= 4 is 21.4 Å². The Hall–Kier alpha value is -2.26. The molecule has 1 fully saturated rings. The molecule has 0 aliphatic carbocycles. The molecule has 2 atom stereocenters. The van der Waals surface area contributed by atoms with Crippen molar-refractivity contribution in [2.45, 2.75) is 18.6 Å². The van der Waals surface area contributed by atoms with Gasteiger partial charge in [0.15, 0.2) is 0 Å². The number of hydrogen-bond donors (Lipinski definition) is 1. The molecule has 9 heteroatoms. The van der Waals surface area contributed by atoms with E-state index in [4.69, 9.17) is 10.5 Å². The molecule has 1 aromatic carbocycles. The lowest BCUT2D eigenvalue weighted by atomic mass is 10.1. The summed E-state index contributed by atoms with van der Waals surface area (Å²) >= 11 is 1.38. The number of fused-ring (bicyclic) bond motifs is 1. The van der Waals surface area contributed by atoms with E-state index < -0.39 is 12.2 Å². The lowest BCUT2D eigenvalue weighted by Crippen LogP contribution is -2.48. The molecular weight excluding hydrogens is 348 g/mol. The predicted octanol–water partition coefficient (Wildman–Crippen LogP) is 2.48. The van der Waals surface area contributed by atoms with Crippen molar-refractivity contribution in [1.29, 1.82) is 0 Å². The second-order valence-corrected chi connectivity index (χ2v) is 6.92. The Morgan fingerprint density at radius 3 is 3.00 bits per heavy atom. The first-order valence-corrected chi connectivity index (χ1v) is 8.71. The highest BCUT2D eigenvalue weighted by Gasteiger charge is 2.28. The minimum Gasteiger partial charge on any atom is -0.496 e. The van der Waals surface area contributed by atoms with E-state index in [1.807, 2.05) is 4.90 Å². The molecule has 0 spiro atoms. The van der Waals surface area contributed by atoms with Gasteiger partial charge in [0, 0.05) is 24.2 Å². The number of rotatable bonds is 3. The van der Waals surface area contributed by atoms with Crippen LogP contribution in [0.15, 0.2) is 24.4 Å². The summed E-state index contributed by atoms with van der Waals surface area (Å²) in [6, 6.07) is 3.90. The molecule has 4 rings (SSSR count). The summed E-state index contributed by atoms with van der Waals surface area (Å²) in [5.74, 6) is 0.0306. The van der Waals surface area contributed by atoms with Crippen molar-refractivity contribution in [1.82, 2.24) is 14.6 Å². The predicted molar refractivity (Wildman–Crippen MR) is 92.5 cm³/mol. The summed E-state index contributed by atoms with van der Waals surface area (Å²) < 4.78 is 34.3. The number of halogens is 2. The number of alkyl halides is 1. The molecule has 0 radical (unpaired) electrons. The molecule has 1 saturated heterocycles. The highest BCUT2D eigenvalue weighted by molar-refractivity contribution is 7.20. The molecule has 1 aliphatic rings. The van der Waals surface area contributed by atoms with Crippen molar-refractivity contribution in [3.8, 4) is 17.0 Å². The van der Waals surface area contributed by atoms with Crippen LogP contribution >= 0.6 is 11.3 Å². The fraction of sp³-hybridized carbons (Fsp3) is 0.375. The van der Waals surface area contributed by atoms with Crippen molar-refractivity contribution in [2.75, 3.05) is 25.1 Å². The van der Waals surface area contributed by atoms with Gasteiger partial charge in [0.25, 0.3) is 0 Å². The highest BCUT2D eigenvalue weighted by Crippen LogP contribution is 2.34. The number of nitrogens with zero attached hydrogens (tertiary/aromatic N) is 4. The number of anilines is 1. The summed E-state index contributed by atoms with van der Waals surface area (Å²) in [5.41, 5.74) is 7.12. The van der Waals surface area contributed by atoms with Crippen LogP contribution in [0.5, 0.6) is 5.75 Å². The van der Waals surface area contributed by atoms with Gasteiger partial charge in [-0.1, -0.05) is 11.3 Å². The molecule has 0 amide bonds. The molecule has 25 heavy (non-hydrogen) atoms. The fourth-order valence-corrected chi connectivity index (χ4v) is 3.88. The molecule has 2 N–H and O–H groups in total. The van der Waals surface area contributed by atoms with Gasteiger partial charge in [-0.2, -0.15) is 0 Å². The quantitative estimate of drug-likeness (QED) is 0.772. The van der Waals surface area contributed by atoms with Crippen LogP contribution in [0, 0.1) is 5.82 Å². The number of methoxy groups -OCH3 is 1. The van der Waals surface area contributed by atoms with E-state index in [0.717, 1.165) is 0 Å². The summed E-state index contributed by atoms with van der Waals surface area (Å²) in [6.07, 6.45) is 1.19. The lowest BCUT2D eigenvalue weighted by molar-refractivity contribution is 0.251. The SMILES string of the molecule is COc1cc(F)ccc1-c1cnc2sc(N3CC[C@H](N)[C@H](F)C3)nn12. The summed E-state index contributed by atoms with van der Waals surface area (Å²) in [5, 5.41) is 5.27. The number of aromatic nitrogens is 3. The van der Waals surface area contributed by atoms with Crippen molar-refractivity contribution in [3.63, 3.8) is 0 Å². The summed E-state index contributed by atoms with van der Waals surface area (Å²) in [4.78, 5) is 6.94. The van der Waals surface area contributed by atoms with E-state index in [1.54, 1.807) is 16.8 Å². The van der Waals surface area contributed by atoms with Crippen LogP contribution in [0.1, 0.15) is 6.42 Å². The van der Waals surface area contributed by atoms with Gasteiger partial charge in [0.1, 0.15) is 17.7 Å². The lowest BCUT2D eigenvalue weighted by Gasteiger charge is -2.32. The van der Waals surface area contributed by atoms with Gasteiger partial charge in [-0.3, -0.25) is 0 Å². The van der Waals surface area contributed by atoms with Gasteiger partial charge in [-0.15, -0.1) is 5.10 Å². The summed E-state index contributed by atoms with van der Waals surface area (Å²) in [6.45, 7) is 0.889. The maximum Gasteiger partial charge on any atom is 0.214 e. The Morgan fingerprint density at radius 2 is 2.24 bits per heavy atom. The average Bonchev–Trinajstić information content (AvgIpc) is 3.18. The number of imidazole rings is 1. The smallest absolute Gasteiger partial charge is 0.214 e.